The van der Waals surface area contributed by atoms with Gasteiger partial charge in [0.2, 0.25) is 0 Å². The summed E-state index contributed by atoms with van der Waals surface area (Å²) in [6, 6.07) is 0.123. The van der Waals surface area contributed by atoms with Crippen molar-refractivity contribution in [3.8, 4) is 0 Å². The van der Waals surface area contributed by atoms with Crippen molar-refractivity contribution in [2.75, 3.05) is 5.75 Å². The molecule has 1 aromatic heterocycles. The van der Waals surface area contributed by atoms with Gasteiger partial charge in [-0.15, -0.1) is 0 Å². The molecule has 1 heterocycles. The van der Waals surface area contributed by atoms with Gasteiger partial charge in [-0.1, -0.05) is 6.92 Å². The van der Waals surface area contributed by atoms with E-state index < -0.39 is 14.6 Å². The van der Waals surface area contributed by atoms with E-state index in [0.717, 1.165) is 29.8 Å². The predicted molar refractivity (Wildman–Crippen MR) is 87.2 cm³/mol. The average Bonchev–Trinajstić information content (AvgIpc) is 2.62. The molecule has 21 heavy (non-hydrogen) atoms. The second-order valence-corrected chi connectivity index (χ2v) is 9.54. The Bertz CT molecular complexity index is 583. The Morgan fingerprint density at radius 3 is 2.33 bits per heavy atom. The summed E-state index contributed by atoms with van der Waals surface area (Å²) >= 11 is 0. The Morgan fingerprint density at radius 2 is 1.86 bits per heavy atom. The summed E-state index contributed by atoms with van der Waals surface area (Å²) in [5.41, 5.74) is 9.15. The quantitative estimate of drug-likeness (QED) is 0.871. The van der Waals surface area contributed by atoms with Crippen molar-refractivity contribution in [3.05, 3.63) is 17.0 Å². The lowest BCUT2D eigenvalue weighted by Crippen LogP contribution is -2.32. The third-order valence-corrected chi connectivity index (χ3v) is 6.61. The van der Waals surface area contributed by atoms with Gasteiger partial charge in [-0.25, -0.2) is 8.42 Å². The number of rotatable bonds is 6. The summed E-state index contributed by atoms with van der Waals surface area (Å²) in [7, 11) is -3.13. The first-order chi connectivity index (χ1) is 9.49. The Hall–Kier alpha value is -0.880. The first kappa shape index (κ1) is 18.2. The number of aromatic nitrogens is 2. The monoisotopic (exact) mass is 315 g/mol. The molecule has 0 fully saturated rings. The fraction of sp³-hybridized carbons (Fsp3) is 0.800. The number of sulfone groups is 1. The van der Waals surface area contributed by atoms with Crippen molar-refractivity contribution in [2.24, 2.45) is 5.73 Å². The van der Waals surface area contributed by atoms with E-state index in [1.165, 1.54) is 0 Å². The Balaban J connectivity index is 2.90. The zero-order chi connectivity index (χ0) is 16.4. The SMILES string of the molecule is CCC(N)Cc1c(C)nn(CCS(=O)(=O)C(C)(C)C)c1C. The van der Waals surface area contributed by atoms with Gasteiger partial charge >= 0.3 is 0 Å². The molecule has 122 valence electrons. The van der Waals surface area contributed by atoms with Crippen LogP contribution >= 0.6 is 0 Å². The van der Waals surface area contributed by atoms with Crippen LogP contribution in [0.3, 0.4) is 0 Å². The molecule has 1 aromatic rings. The van der Waals surface area contributed by atoms with Gasteiger partial charge < -0.3 is 5.73 Å². The summed E-state index contributed by atoms with van der Waals surface area (Å²) in [5.74, 6) is 0.109. The lowest BCUT2D eigenvalue weighted by molar-refractivity contribution is 0.545. The minimum Gasteiger partial charge on any atom is -0.327 e. The summed E-state index contributed by atoms with van der Waals surface area (Å²) in [6.45, 7) is 11.6. The van der Waals surface area contributed by atoms with E-state index in [-0.39, 0.29) is 11.8 Å². The first-order valence-electron chi connectivity index (χ1n) is 7.50. The Labute approximate surface area is 128 Å². The van der Waals surface area contributed by atoms with Gasteiger partial charge in [0.25, 0.3) is 0 Å². The molecule has 0 aliphatic heterocycles. The molecule has 0 aromatic carbocycles. The highest BCUT2D eigenvalue weighted by molar-refractivity contribution is 7.92. The Morgan fingerprint density at radius 1 is 1.29 bits per heavy atom. The van der Waals surface area contributed by atoms with Crippen LogP contribution in [-0.2, 0) is 22.8 Å². The maximum absolute atomic E-state index is 12.2. The predicted octanol–water partition coefficient (Wildman–Crippen LogP) is 1.99. The van der Waals surface area contributed by atoms with E-state index in [0.29, 0.717) is 6.54 Å². The molecular formula is C15H29N3O2S. The van der Waals surface area contributed by atoms with E-state index in [4.69, 9.17) is 5.73 Å². The third-order valence-electron chi connectivity index (χ3n) is 4.03. The number of hydrogen-bond donors (Lipinski definition) is 1. The fourth-order valence-electron chi connectivity index (χ4n) is 2.17. The molecule has 0 amide bonds. The number of nitrogens with zero attached hydrogens (tertiary/aromatic N) is 2. The van der Waals surface area contributed by atoms with Gasteiger partial charge in [-0.2, -0.15) is 5.10 Å². The van der Waals surface area contributed by atoms with Crippen LogP contribution in [0.15, 0.2) is 0 Å². The molecule has 0 bridgehead atoms. The highest BCUT2D eigenvalue weighted by Crippen LogP contribution is 2.19. The largest absolute Gasteiger partial charge is 0.327 e. The molecule has 2 N–H and O–H groups in total. The highest BCUT2D eigenvalue weighted by atomic mass is 32.2. The topological polar surface area (TPSA) is 78.0 Å². The van der Waals surface area contributed by atoms with Crippen molar-refractivity contribution in [1.82, 2.24) is 9.78 Å². The standard InChI is InChI=1S/C15H29N3O2S/c1-7-13(16)10-14-11(2)17-18(12(14)3)8-9-21(19,20)15(4,5)6/h13H,7-10,16H2,1-6H3. The van der Waals surface area contributed by atoms with Crippen LogP contribution in [0.2, 0.25) is 0 Å². The molecule has 0 saturated carbocycles. The lowest BCUT2D eigenvalue weighted by Gasteiger charge is -2.19. The van der Waals surface area contributed by atoms with Crippen molar-refractivity contribution in [1.29, 1.82) is 0 Å². The van der Waals surface area contributed by atoms with Crippen molar-refractivity contribution < 1.29 is 8.42 Å². The van der Waals surface area contributed by atoms with Gasteiger partial charge in [0, 0.05) is 11.7 Å². The zero-order valence-corrected chi connectivity index (χ0v) is 14.9. The number of aryl methyl sites for hydroxylation is 2. The van der Waals surface area contributed by atoms with Crippen LogP contribution in [0.25, 0.3) is 0 Å². The van der Waals surface area contributed by atoms with Crippen LogP contribution < -0.4 is 5.73 Å². The molecule has 1 rings (SSSR count). The van der Waals surface area contributed by atoms with Crippen LogP contribution in [-0.4, -0.2) is 34.7 Å². The molecular weight excluding hydrogens is 286 g/mol. The van der Waals surface area contributed by atoms with Crippen molar-refractivity contribution in [3.63, 3.8) is 0 Å². The minimum atomic E-state index is -3.13. The van der Waals surface area contributed by atoms with Crippen LogP contribution in [0.5, 0.6) is 0 Å². The molecule has 0 saturated heterocycles. The van der Waals surface area contributed by atoms with Gasteiger partial charge in [-0.3, -0.25) is 4.68 Å². The lowest BCUT2D eigenvalue weighted by atomic mass is 10.0. The van der Waals surface area contributed by atoms with E-state index in [2.05, 4.69) is 12.0 Å². The number of nitrogens with two attached hydrogens (primary N) is 1. The maximum atomic E-state index is 12.2. The van der Waals surface area contributed by atoms with Gasteiger partial charge in [0.15, 0.2) is 9.84 Å². The summed E-state index contributed by atoms with van der Waals surface area (Å²) in [4.78, 5) is 0. The van der Waals surface area contributed by atoms with E-state index in [1.54, 1.807) is 25.5 Å². The second-order valence-electron chi connectivity index (χ2n) is 6.68. The molecule has 0 aliphatic carbocycles. The molecule has 5 nitrogen and oxygen atoms in total. The smallest absolute Gasteiger partial charge is 0.157 e. The summed E-state index contributed by atoms with van der Waals surface area (Å²) in [6.07, 6.45) is 1.71. The maximum Gasteiger partial charge on any atom is 0.157 e. The van der Waals surface area contributed by atoms with Gasteiger partial charge in [-0.05, 0) is 53.0 Å². The third kappa shape index (κ3) is 4.30. The minimum absolute atomic E-state index is 0.109. The highest BCUT2D eigenvalue weighted by Gasteiger charge is 2.29. The average molecular weight is 315 g/mol. The Kier molecular flexibility index (Phi) is 5.61. The summed E-state index contributed by atoms with van der Waals surface area (Å²) < 4.78 is 25.5. The van der Waals surface area contributed by atoms with Gasteiger partial charge in [0.1, 0.15) is 0 Å². The molecule has 6 heteroatoms. The fourth-order valence-corrected chi connectivity index (χ4v) is 3.19. The number of hydrogen-bond acceptors (Lipinski definition) is 4. The van der Waals surface area contributed by atoms with Crippen molar-refractivity contribution >= 4 is 9.84 Å². The normalized spacial score (nSPS) is 14.4. The summed E-state index contributed by atoms with van der Waals surface area (Å²) in [5, 5.41) is 4.48. The van der Waals surface area contributed by atoms with Crippen molar-refractivity contribution in [2.45, 2.75) is 71.7 Å². The molecule has 0 radical (unpaired) electrons. The molecule has 1 unspecified atom stereocenters. The van der Waals surface area contributed by atoms with E-state index >= 15 is 0 Å². The molecule has 0 spiro atoms. The van der Waals surface area contributed by atoms with E-state index in [9.17, 15) is 8.42 Å². The molecule has 1 atom stereocenters. The first-order valence-corrected chi connectivity index (χ1v) is 9.15. The molecule has 0 aliphatic rings. The van der Waals surface area contributed by atoms with E-state index in [1.807, 2.05) is 13.8 Å². The zero-order valence-electron chi connectivity index (χ0n) is 14.1. The van der Waals surface area contributed by atoms with Crippen LogP contribution in [0.1, 0.15) is 51.1 Å². The van der Waals surface area contributed by atoms with Gasteiger partial charge in [0.05, 0.1) is 22.7 Å². The van der Waals surface area contributed by atoms with Crippen LogP contribution in [0.4, 0.5) is 0 Å². The van der Waals surface area contributed by atoms with Crippen LogP contribution in [0, 0.1) is 13.8 Å². The second kappa shape index (κ2) is 6.48.